The standard InChI is InChI=1S/C18H26ClN3O.2C7H8O3S/c1-17(2)11-15(18(3,4)22-17)16(23)21-10-9-20-12-13-5-7-14(19)8-6-13;2*1-6-2-4-7(5-3-6)11(8,9)10/h5-8,11,20,22H,9-10,12H2,1-4H3,(H,21,23);2*2-5H,1H3,(H,8,9,10). The molecular weight excluding hydrogens is 638 g/mol. The summed E-state index contributed by atoms with van der Waals surface area (Å²) >= 11 is 5.86. The van der Waals surface area contributed by atoms with E-state index in [2.05, 4.69) is 29.8 Å². The molecule has 1 aliphatic rings. The van der Waals surface area contributed by atoms with Crippen molar-refractivity contribution in [2.45, 2.75) is 69.0 Å². The molecule has 3 aromatic carbocycles. The Labute approximate surface area is 271 Å². The summed E-state index contributed by atoms with van der Waals surface area (Å²) in [6.07, 6.45) is 2.02. The molecule has 0 aromatic heterocycles. The number of carbonyl (C=O) groups excluding carboxylic acids is 1. The molecule has 0 saturated carbocycles. The molecule has 3 aromatic rings. The van der Waals surface area contributed by atoms with Crippen molar-refractivity contribution in [3.8, 4) is 0 Å². The average molecular weight is 680 g/mol. The molecule has 0 unspecified atom stereocenters. The Bertz CT molecular complexity index is 1600. The topological polar surface area (TPSA) is 162 Å². The van der Waals surface area contributed by atoms with Gasteiger partial charge >= 0.3 is 0 Å². The van der Waals surface area contributed by atoms with Gasteiger partial charge in [-0.05, 0) is 83.5 Å². The molecule has 0 bridgehead atoms. The van der Waals surface area contributed by atoms with Crippen LogP contribution in [0.1, 0.15) is 44.4 Å². The van der Waals surface area contributed by atoms with Gasteiger partial charge in [0.15, 0.2) is 0 Å². The SMILES string of the molecule is CC1(C)C=C(C(=O)NCCNCc2ccc(Cl)cc2)C(C)(C)N1.Cc1ccc(S(=O)(=O)O)cc1.Cc1ccc(S(=O)(=O)O)cc1. The third-order valence-corrected chi connectivity index (χ3v) is 8.51. The summed E-state index contributed by atoms with van der Waals surface area (Å²) in [7, 11) is -8.04. The molecule has 0 radical (unpaired) electrons. The Morgan fingerprint density at radius 2 is 1.20 bits per heavy atom. The second-order valence-electron chi connectivity index (χ2n) is 11.7. The van der Waals surface area contributed by atoms with Gasteiger partial charge < -0.3 is 10.6 Å². The van der Waals surface area contributed by atoms with Crippen molar-refractivity contribution in [1.82, 2.24) is 16.0 Å². The van der Waals surface area contributed by atoms with Gasteiger partial charge in [-0.1, -0.05) is 65.2 Å². The Balaban J connectivity index is 0.000000266. The summed E-state index contributed by atoms with van der Waals surface area (Å²) in [4.78, 5) is 12.2. The zero-order chi connectivity index (χ0) is 34.1. The van der Waals surface area contributed by atoms with Gasteiger partial charge in [0.1, 0.15) is 0 Å². The maximum Gasteiger partial charge on any atom is 0.294 e. The van der Waals surface area contributed by atoms with Gasteiger partial charge in [-0.3, -0.25) is 19.2 Å². The van der Waals surface area contributed by atoms with Crippen LogP contribution in [0.25, 0.3) is 0 Å². The van der Waals surface area contributed by atoms with E-state index in [1.165, 1.54) is 29.8 Å². The number of hydrogen-bond donors (Lipinski definition) is 5. The third-order valence-electron chi connectivity index (χ3n) is 6.53. The van der Waals surface area contributed by atoms with Gasteiger partial charge in [-0.25, -0.2) is 0 Å². The first kappa shape index (κ1) is 38.1. The van der Waals surface area contributed by atoms with E-state index in [4.69, 9.17) is 20.7 Å². The highest BCUT2D eigenvalue weighted by molar-refractivity contribution is 7.86. The summed E-state index contributed by atoms with van der Waals surface area (Å²) in [5.41, 5.74) is 3.44. The van der Waals surface area contributed by atoms with Crippen LogP contribution in [0, 0.1) is 13.8 Å². The highest BCUT2D eigenvalue weighted by atomic mass is 35.5. The molecule has 1 amide bonds. The van der Waals surface area contributed by atoms with Gasteiger partial charge in [0, 0.05) is 41.3 Å². The molecule has 1 aliphatic heterocycles. The molecule has 0 saturated heterocycles. The molecule has 5 N–H and O–H groups in total. The number of nitrogens with one attached hydrogen (secondary N) is 3. The quantitative estimate of drug-likeness (QED) is 0.161. The molecule has 13 heteroatoms. The van der Waals surface area contributed by atoms with E-state index in [9.17, 15) is 21.6 Å². The van der Waals surface area contributed by atoms with E-state index < -0.39 is 20.2 Å². The van der Waals surface area contributed by atoms with E-state index in [-0.39, 0.29) is 26.8 Å². The molecule has 0 fully saturated rings. The minimum atomic E-state index is -4.02. The lowest BCUT2D eigenvalue weighted by atomic mass is 9.96. The van der Waals surface area contributed by atoms with Crippen LogP contribution in [0.15, 0.2) is 94.2 Å². The minimum Gasteiger partial charge on any atom is -0.351 e. The fourth-order valence-corrected chi connectivity index (χ4v) is 5.50. The van der Waals surface area contributed by atoms with Crippen LogP contribution in [0.4, 0.5) is 0 Å². The molecule has 246 valence electrons. The zero-order valence-electron chi connectivity index (χ0n) is 26.3. The second-order valence-corrected chi connectivity index (χ2v) is 14.9. The molecule has 1 heterocycles. The van der Waals surface area contributed by atoms with Crippen LogP contribution in [0.2, 0.25) is 5.02 Å². The lowest BCUT2D eigenvalue weighted by Gasteiger charge is -2.27. The van der Waals surface area contributed by atoms with Crippen LogP contribution >= 0.6 is 11.6 Å². The first-order valence-electron chi connectivity index (χ1n) is 14.0. The highest BCUT2D eigenvalue weighted by Crippen LogP contribution is 2.29. The van der Waals surface area contributed by atoms with Crippen molar-refractivity contribution in [3.63, 3.8) is 0 Å². The maximum atomic E-state index is 12.4. The normalized spacial score (nSPS) is 15.1. The van der Waals surface area contributed by atoms with Crippen molar-refractivity contribution < 1.29 is 30.7 Å². The summed E-state index contributed by atoms with van der Waals surface area (Å²) in [5.74, 6) is 0.00127. The van der Waals surface area contributed by atoms with Crippen LogP contribution in [-0.4, -0.2) is 56.0 Å². The second kappa shape index (κ2) is 15.9. The summed E-state index contributed by atoms with van der Waals surface area (Å²) in [6.45, 7) is 14.0. The van der Waals surface area contributed by atoms with E-state index in [1.807, 2.05) is 58.0 Å². The van der Waals surface area contributed by atoms with Gasteiger partial charge in [-0.2, -0.15) is 16.8 Å². The molecule has 45 heavy (non-hydrogen) atoms. The van der Waals surface area contributed by atoms with E-state index >= 15 is 0 Å². The lowest BCUT2D eigenvalue weighted by Crippen LogP contribution is -2.48. The van der Waals surface area contributed by atoms with Crippen molar-refractivity contribution >= 4 is 37.7 Å². The fourth-order valence-electron chi connectivity index (χ4n) is 4.41. The van der Waals surface area contributed by atoms with Crippen molar-refractivity contribution in [2.24, 2.45) is 0 Å². The minimum absolute atomic E-state index is 0.00127. The van der Waals surface area contributed by atoms with Crippen molar-refractivity contribution in [3.05, 3.63) is 106 Å². The molecule has 0 aliphatic carbocycles. The van der Waals surface area contributed by atoms with E-state index in [0.717, 1.165) is 34.8 Å². The van der Waals surface area contributed by atoms with Crippen LogP contribution in [0.5, 0.6) is 0 Å². The number of amides is 1. The number of halogens is 1. The maximum absolute atomic E-state index is 12.4. The molecule has 4 rings (SSSR count). The van der Waals surface area contributed by atoms with Crippen LogP contribution in [0.3, 0.4) is 0 Å². The molecule has 0 atom stereocenters. The average Bonchev–Trinajstić information content (AvgIpc) is 3.16. The number of carbonyl (C=O) groups is 1. The summed E-state index contributed by atoms with van der Waals surface area (Å²) < 4.78 is 59.1. The predicted molar refractivity (Wildman–Crippen MR) is 178 cm³/mol. The summed E-state index contributed by atoms with van der Waals surface area (Å²) in [5, 5.41) is 10.5. The van der Waals surface area contributed by atoms with Crippen LogP contribution < -0.4 is 16.0 Å². The number of benzene rings is 3. The van der Waals surface area contributed by atoms with Crippen molar-refractivity contribution in [1.29, 1.82) is 0 Å². The number of aryl methyl sites for hydroxylation is 2. The highest BCUT2D eigenvalue weighted by Gasteiger charge is 2.39. The number of hydrogen-bond acceptors (Lipinski definition) is 7. The smallest absolute Gasteiger partial charge is 0.294 e. The Morgan fingerprint density at radius 1 is 0.756 bits per heavy atom. The van der Waals surface area contributed by atoms with Crippen LogP contribution in [-0.2, 0) is 31.6 Å². The van der Waals surface area contributed by atoms with E-state index in [1.54, 1.807) is 24.3 Å². The van der Waals surface area contributed by atoms with Gasteiger partial charge in [0.25, 0.3) is 20.2 Å². The first-order chi connectivity index (χ1) is 20.7. The molecule has 10 nitrogen and oxygen atoms in total. The number of rotatable bonds is 8. The Morgan fingerprint density at radius 3 is 1.58 bits per heavy atom. The Kier molecular flexibility index (Phi) is 13.5. The van der Waals surface area contributed by atoms with Gasteiger partial charge in [0.2, 0.25) is 5.91 Å². The van der Waals surface area contributed by atoms with E-state index in [0.29, 0.717) is 6.54 Å². The third kappa shape index (κ3) is 13.4. The monoisotopic (exact) mass is 679 g/mol. The summed E-state index contributed by atoms with van der Waals surface area (Å²) in [6, 6.07) is 19.7. The molecular formula is C32H42ClN3O7S2. The zero-order valence-corrected chi connectivity index (χ0v) is 28.6. The van der Waals surface area contributed by atoms with Gasteiger partial charge in [-0.15, -0.1) is 0 Å². The first-order valence-corrected chi connectivity index (χ1v) is 17.3. The predicted octanol–water partition coefficient (Wildman–Crippen LogP) is 5.12. The van der Waals surface area contributed by atoms with Gasteiger partial charge in [0.05, 0.1) is 9.79 Å². The molecule has 0 spiro atoms. The Hall–Kier alpha value is -3.10. The fraction of sp³-hybridized carbons (Fsp3) is 0.344. The lowest BCUT2D eigenvalue weighted by molar-refractivity contribution is -0.118. The largest absolute Gasteiger partial charge is 0.351 e. The van der Waals surface area contributed by atoms with Crippen molar-refractivity contribution in [2.75, 3.05) is 13.1 Å².